The van der Waals surface area contributed by atoms with Gasteiger partial charge in [0.2, 0.25) is 5.88 Å². The van der Waals surface area contributed by atoms with E-state index >= 15 is 0 Å². The van der Waals surface area contributed by atoms with Crippen LogP contribution in [0.15, 0.2) is 30.9 Å². The Bertz CT molecular complexity index is 589. The minimum Gasteiger partial charge on any atom is -0.475 e. The van der Waals surface area contributed by atoms with E-state index in [0.717, 1.165) is 24.5 Å². The number of pyridine rings is 1. The molecule has 1 aliphatic rings. The standard InChI is InChI=1S/C16H22N4O/c1-12(2)21-16-13(4-3-7-19-16)8-17-9-15-10-18-11-20(15)14-5-6-14/h3-4,7,10-12,14,17H,5-6,8-9H2,1-2H3. The van der Waals surface area contributed by atoms with Gasteiger partial charge in [-0.1, -0.05) is 6.07 Å². The summed E-state index contributed by atoms with van der Waals surface area (Å²) in [5.74, 6) is 0.718. The maximum atomic E-state index is 5.74. The smallest absolute Gasteiger partial charge is 0.218 e. The average Bonchev–Trinajstić information content (AvgIpc) is 3.20. The number of nitrogens with one attached hydrogen (secondary N) is 1. The summed E-state index contributed by atoms with van der Waals surface area (Å²) in [5.41, 5.74) is 2.33. The van der Waals surface area contributed by atoms with Crippen LogP contribution in [0.1, 0.15) is 44.0 Å². The maximum Gasteiger partial charge on any atom is 0.218 e. The molecule has 21 heavy (non-hydrogen) atoms. The Hall–Kier alpha value is -1.88. The van der Waals surface area contributed by atoms with Crippen molar-refractivity contribution in [3.05, 3.63) is 42.1 Å². The molecule has 0 radical (unpaired) electrons. The fourth-order valence-corrected chi connectivity index (χ4v) is 2.36. The van der Waals surface area contributed by atoms with Gasteiger partial charge in [-0.2, -0.15) is 0 Å². The fourth-order valence-electron chi connectivity index (χ4n) is 2.36. The summed E-state index contributed by atoms with van der Waals surface area (Å²) in [4.78, 5) is 8.56. The number of nitrogens with zero attached hydrogens (tertiary/aromatic N) is 3. The zero-order chi connectivity index (χ0) is 14.7. The highest BCUT2D eigenvalue weighted by molar-refractivity contribution is 5.25. The van der Waals surface area contributed by atoms with Gasteiger partial charge in [-0.25, -0.2) is 9.97 Å². The largest absolute Gasteiger partial charge is 0.475 e. The Labute approximate surface area is 125 Å². The number of aromatic nitrogens is 3. The van der Waals surface area contributed by atoms with Crippen LogP contribution in [-0.2, 0) is 13.1 Å². The first kappa shape index (κ1) is 14.1. The van der Waals surface area contributed by atoms with Gasteiger partial charge in [0.1, 0.15) is 0 Å². The van der Waals surface area contributed by atoms with Gasteiger partial charge in [0.15, 0.2) is 0 Å². The van der Waals surface area contributed by atoms with E-state index in [1.807, 2.05) is 32.4 Å². The Morgan fingerprint density at radius 1 is 1.38 bits per heavy atom. The highest BCUT2D eigenvalue weighted by Crippen LogP contribution is 2.35. The Morgan fingerprint density at radius 3 is 3.00 bits per heavy atom. The quantitative estimate of drug-likeness (QED) is 0.850. The molecule has 0 aliphatic heterocycles. The summed E-state index contributed by atoms with van der Waals surface area (Å²) in [6.07, 6.45) is 8.33. The summed E-state index contributed by atoms with van der Waals surface area (Å²) in [5, 5.41) is 3.46. The van der Waals surface area contributed by atoms with Gasteiger partial charge in [0.05, 0.1) is 18.1 Å². The minimum atomic E-state index is 0.134. The molecule has 5 nitrogen and oxygen atoms in total. The normalized spacial score (nSPS) is 14.6. The van der Waals surface area contributed by atoms with Crippen LogP contribution in [0.25, 0.3) is 0 Å². The van der Waals surface area contributed by atoms with Crippen LogP contribution in [0.5, 0.6) is 5.88 Å². The van der Waals surface area contributed by atoms with Crippen LogP contribution in [0.3, 0.4) is 0 Å². The molecule has 0 amide bonds. The molecule has 2 aromatic rings. The van der Waals surface area contributed by atoms with Crippen molar-refractivity contribution in [2.45, 2.75) is 51.9 Å². The number of imidazole rings is 1. The van der Waals surface area contributed by atoms with Gasteiger partial charge < -0.3 is 14.6 Å². The molecule has 3 rings (SSSR count). The molecule has 0 unspecified atom stereocenters. The monoisotopic (exact) mass is 286 g/mol. The van der Waals surface area contributed by atoms with Crippen LogP contribution >= 0.6 is 0 Å². The zero-order valence-corrected chi connectivity index (χ0v) is 12.6. The lowest BCUT2D eigenvalue weighted by atomic mass is 10.2. The van der Waals surface area contributed by atoms with Crippen molar-refractivity contribution < 1.29 is 4.74 Å². The average molecular weight is 286 g/mol. The third-order valence-electron chi connectivity index (χ3n) is 3.51. The van der Waals surface area contributed by atoms with Crippen LogP contribution in [-0.4, -0.2) is 20.6 Å². The predicted octanol–water partition coefficient (Wildman–Crippen LogP) is 2.69. The van der Waals surface area contributed by atoms with Crippen LogP contribution in [0.4, 0.5) is 0 Å². The molecule has 1 N–H and O–H groups in total. The van der Waals surface area contributed by atoms with Crippen LogP contribution < -0.4 is 10.1 Å². The minimum absolute atomic E-state index is 0.134. The number of hydrogen-bond donors (Lipinski definition) is 1. The van der Waals surface area contributed by atoms with Gasteiger partial charge in [0.25, 0.3) is 0 Å². The molecule has 0 atom stereocenters. The molecular formula is C16H22N4O. The van der Waals surface area contributed by atoms with Crippen LogP contribution in [0.2, 0.25) is 0 Å². The Morgan fingerprint density at radius 2 is 2.24 bits per heavy atom. The topological polar surface area (TPSA) is 52.0 Å². The summed E-state index contributed by atoms with van der Waals surface area (Å²) >= 11 is 0. The first-order valence-electron chi connectivity index (χ1n) is 7.56. The first-order valence-corrected chi connectivity index (χ1v) is 7.56. The number of ether oxygens (including phenoxy) is 1. The molecule has 0 spiro atoms. The molecule has 2 heterocycles. The highest BCUT2D eigenvalue weighted by atomic mass is 16.5. The molecular weight excluding hydrogens is 264 g/mol. The van der Waals surface area contributed by atoms with E-state index in [-0.39, 0.29) is 6.10 Å². The first-order chi connectivity index (χ1) is 10.2. The maximum absolute atomic E-state index is 5.74. The molecule has 0 aromatic carbocycles. The molecule has 1 aliphatic carbocycles. The third kappa shape index (κ3) is 3.61. The van der Waals surface area contributed by atoms with E-state index in [1.165, 1.54) is 18.5 Å². The lowest BCUT2D eigenvalue weighted by Crippen LogP contribution is -2.17. The van der Waals surface area contributed by atoms with Gasteiger partial charge in [-0.3, -0.25) is 0 Å². The van der Waals surface area contributed by atoms with Crippen molar-refractivity contribution in [2.24, 2.45) is 0 Å². The van der Waals surface area contributed by atoms with Gasteiger partial charge >= 0.3 is 0 Å². The van der Waals surface area contributed by atoms with E-state index in [4.69, 9.17) is 4.74 Å². The van der Waals surface area contributed by atoms with Crippen molar-refractivity contribution >= 4 is 0 Å². The van der Waals surface area contributed by atoms with Gasteiger partial charge in [-0.05, 0) is 32.8 Å². The molecule has 5 heteroatoms. The van der Waals surface area contributed by atoms with Gasteiger partial charge in [0, 0.05) is 37.1 Å². The van der Waals surface area contributed by atoms with Crippen molar-refractivity contribution in [1.82, 2.24) is 19.9 Å². The lowest BCUT2D eigenvalue weighted by molar-refractivity contribution is 0.229. The Kier molecular flexibility index (Phi) is 4.20. The van der Waals surface area contributed by atoms with Gasteiger partial charge in [-0.15, -0.1) is 0 Å². The summed E-state index contributed by atoms with van der Waals surface area (Å²) < 4.78 is 8.02. The van der Waals surface area contributed by atoms with E-state index in [9.17, 15) is 0 Å². The lowest BCUT2D eigenvalue weighted by Gasteiger charge is -2.13. The van der Waals surface area contributed by atoms with E-state index in [0.29, 0.717) is 6.04 Å². The zero-order valence-electron chi connectivity index (χ0n) is 12.6. The second-order valence-electron chi connectivity index (χ2n) is 5.76. The second-order valence-corrected chi connectivity index (χ2v) is 5.76. The Balaban J connectivity index is 1.59. The van der Waals surface area contributed by atoms with Crippen molar-refractivity contribution in [1.29, 1.82) is 0 Å². The number of rotatable bonds is 7. The third-order valence-corrected chi connectivity index (χ3v) is 3.51. The summed E-state index contributed by atoms with van der Waals surface area (Å²) in [7, 11) is 0. The van der Waals surface area contributed by atoms with Crippen molar-refractivity contribution in [3.63, 3.8) is 0 Å². The van der Waals surface area contributed by atoms with Crippen molar-refractivity contribution in [2.75, 3.05) is 0 Å². The molecule has 1 fully saturated rings. The molecule has 0 saturated heterocycles. The SMILES string of the molecule is CC(C)Oc1ncccc1CNCc1cncn1C1CC1. The predicted molar refractivity (Wildman–Crippen MR) is 81.0 cm³/mol. The highest BCUT2D eigenvalue weighted by Gasteiger charge is 2.24. The van der Waals surface area contributed by atoms with E-state index < -0.39 is 0 Å². The molecule has 2 aromatic heterocycles. The molecule has 0 bridgehead atoms. The second kappa shape index (κ2) is 6.26. The summed E-state index contributed by atoms with van der Waals surface area (Å²) in [6, 6.07) is 4.66. The van der Waals surface area contributed by atoms with E-state index in [1.54, 1.807) is 6.20 Å². The van der Waals surface area contributed by atoms with Crippen LogP contribution in [0, 0.1) is 0 Å². The van der Waals surface area contributed by atoms with E-state index in [2.05, 4.69) is 25.9 Å². The fraction of sp³-hybridized carbons (Fsp3) is 0.500. The molecule has 1 saturated carbocycles. The number of hydrogen-bond acceptors (Lipinski definition) is 4. The molecule has 112 valence electrons. The summed E-state index contributed by atoms with van der Waals surface area (Å²) in [6.45, 7) is 5.58. The van der Waals surface area contributed by atoms with Crippen molar-refractivity contribution in [3.8, 4) is 5.88 Å².